The van der Waals surface area contributed by atoms with Crippen molar-refractivity contribution in [3.63, 3.8) is 0 Å². The van der Waals surface area contributed by atoms with Crippen LogP contribution in [0.3, 0.4) is 0 Å². The average Bonchev–Trinajstić information content (AvgIpc) is 2.25. The van der Waals surface area contributed by atoms with Gasteiger partial charge in [0.25, 0.3) is 0 Å². The third kappa shape index (κ3) is 2.98. The third-order valence-electron chi connectivity index (χ3n) is 1.83. The van der Waals surface area contributed by atoms with Crippen molar-refractivity contribution in [2.75, 3.05) is 7.11 Å². The lowest BCUT2D eigenvalue weighted by Crippen LogP contribution is -2.02. The van der Waals surface area contributed by atoms with Crippen molar-refractivity contribution in [1.82, 2.24) is 0 Å². The lowest BCUT2D eigenvalue weighted by atomic mass is 10.1. The van der Waals surface area contributed by atoms with Crippen LogP contribution in [-0.2, 0) is 11.3 Å². The molecule has 0 aliphatic carbocycles. The van der Waals surface area contributed by atoms with E-state index in [-0.39, 0.29) is 6.61 Å². The summed E-state index contributed by atoms with van der Waals surface area (Å²) in [5, 5.41) is 8.30. The fourth-order valence-electron chi connectivity index (χ4n) is 1.08. The zero-order valence-electron chi connectivity index (χ0n) is 8.10. The van der Waals surface area contributed by atoms with Gasteiger partial charge in [-0.05, 0) is 12.1 Å². The molecule has 5 nitrogen and oxygen atoms in total. The van der Waals surface area contributed by atoms with E-state index >= 15 is 0 Å². The van der Waals surface area contributed by atoms with Crippen molar-refractivity contribution in [3.05, 3.63) is 29.3 Å². The van der Waals surface area contributed by atoms with E-state index in [1.54, 1.807) is 12.1 Å². The Morgan fingerprint density at radius 1 is 1.53 bits per heavy atom. The highest BCUT2D eigenvalue weighted by molar-refractivity contribution is 5.78. The second kappa shape index (κ2) is 4.99. The maximum atomic E-state index is 10.7. The molecule has 1 aromatic rings. The summed E-state index contributed by atoms with van der Waals surface area (Å²) in [5.41, 5.74) is 0.865. The van der Waals surface area contributed by atoms with E-state index in [0.717, 1.165) is 0 Å². The first-order valence-corrected chi connectivity index (χ1v) is 4.15. The van der Waals surface area contributed by atoms with E-state index in [4.69, 9.17) is 9.84 Å². The van der Waals surface area contributed by atoms with Crippen LogP contribution in [0.15, 0.2) is 18.2 Å². The Labute approximate surface area is 86.2 Å². The Kier molecular flexibility index (Phi) is 3.68. The van der Waals surface area contributed by atoms with E-state index in [9.17, 15) is 9.59 Å². The van der Waals surface area contributed by atoms with Gasteiger partial charge in [0.05, 0.1) is 7.11 Å². The number of aldehydes is 1. The molecule has 0 saturated carbocycles. The van der Waals surface area contributed by atoms with Crippen molar-refractivity contribution >= 4 is 12.4 Å². The van der Waals surface area contributed by atoms with Crippen LogP contribution in [0.4, 0.5) is 4.79 Å². The first-order valence-electron chi connectivity index (χ1n) is 4.15. The number of hydrogen-bond acceptors (Lipinski definition) is 4. The summed E-state index contributed by atoms with van der Waals surface area (Å²) < 4.78 is 9.28. The molecule has 5 heteroatoms. The summed E-state index contributed by atoms with van der Waals surface area (Å²) in [6.45, 7) is -0.145. The molecule has 0 amide bonds. The molecule has 0 saturated heterocycles. The van der Waals surface area contributed by atoms with Gasteiger partial charge in [-0.2, -0.15) is 0 Å². The molecule has 0 aromatic heterocycles. The monoisotopic (exact) mass is 210 g/mol. The fourth-order valence-corrected chi connectivity index (χ4v) is 1.08. The highest BCUT2D eigenvalue weighted by Gasteiger charge is 2.06. The third-order valence-corrected chi connectivity index (χ3v) is 1.83. The Hall–Kier alpha value is -2.04. The largest absolute Gasteiger partial charge is 0.506 e. The first-order chi connectivity index (χ1) is 7.17. The minimum absolute atomic E-state index is 0.145. The molecule has 1 N–H and O–H groups in total. The predicted octanol–water partition coefficient (Wildman–Crippen LogP) is 1.70. The number of carbonyl (C=O) groups excluding carboxylic acids is 1. The average molecular weight is 210 g/mol. The second-order valence-electron chi connectivity index (χ2n) is 2.74. The molecule has 80 valence electrons. The van der Waals surface area contributed by atoms with Crippen LogP contribution in [0, 0.1) is 0 Å². The van der Waals surface area contributed by atoms with Crippen LogP contribution >= 0.6 is 0 Å². The molecule has 0 fully saturated rings. The van der Waals surface area contributed by atoms with Gasteiger partial charge in [0.1, 0.15) is 12.4 Å². The maximum Gasteiger partial charge on any atom is 0.506 e. The van der Waals surface area contributed by atoms with Crippen LogP contribution in [0.5, 0.6) is 5.75 Å². The number of rotatable bonds is 4. The normalized spacial score (nSPS) is 9.40. The zero-order valence-corrected chi connectivity index (χ0v) is 8.10. The van der Waals surface area contributed by atoms with E-state index in [0.29, 0.717) is 23.2 Å². The molecule has 0 spiro atoms. The van der Waals surface area contributed by atoms with Crippen LogP contribution in [0.2, 0.25) is 0 Å². The number of ether oxygens (including phenoxy) is 2. The van der Waals surface area contributed by atoms with E-state index in [1.165, 1.54) is 13.2 Å². The summed E-state index contributed by atoms with van der Waals surface area (Å²) in [4.78, 5) is 20.8. The number of carboxylic acid groups (broad SMARTS) is 1. The highest BCUT2D eigenvalue weighted by atomic mass is 16.7. The molecule has 0 aliphatic heterocycles. The number of benzene rings is 1. The molecule has 0 heterocycles. The van der Waals surface area contributed by atoms with Crippen molar-refractivity contribution < 1.29 is 24.2 Å². The Morgan fingerprint density at radius 2 is 2.27 bits per heavy atom. The Morgan fingerprint density at radius 3 is 2.80 bits per heavy atom. The molecule has 1 aromatic carbocycles. The van der Waals surface area contributed by atoms with E-state index < -0.39 is 6.16 Å². The molecule has 1 rings (SSSR count). The molecule has 0 atom stereocenters. The number of carbonyl (C=O) groups is 2. The minimum atomic E-state index is -1.37. The minimum Gasteiger partial charge on any atom is -0.497 e. The van der Waals surface area contributed by atoms with Gasteiger partial charge in [0, 0.05) is 11.1 Å². The Bertz CT molecular complexity index is 372. The van der Waals surface area contributed by atoms with Gasteiger partial charge in [-0.3, -0.25) is 4.79 Å². The highest BCUT2D eigenvalue weighted by Crippen LogP contribution is 2.16. The van der Waals surface area contributed by atoms with Crippen LogP contribution < -0.4 is 4.74 Å². The topological polar surface area (TPSA) is 72.8 Å². The van der Waals surface area contributed by atoms with Gasteiger partial charge in [0.15, 0.2) is 6.29 Å². The molecular formula is C10H10O5. The quantitative estimate of drug-likeness (QED) is 0.604. The van der Waals surface area contributed by atoms with Gasteiger partial charge >= 0.3 is 6.16 Å². The molecule has 0 radical (unpaired) electrons. The van der Waals surface area contributed by atoms with E-state index in [1.807, 2.05) is 0 Å². The Balaban J connectivity index is 2.87. The van der Waals surface area contributed by atoms with Crippen molar-refractivity contribution in [3.8, 4) is 5.75 Å². The van der Waals surface area contributed by atoms with Gasteiger partial charge in [0.2, 0.25) is 0 Å². The van der Waals surface area contributed by atoms with Crippen LogP contribution in [0.1, 0.15) is 15.9 Å². The fraction of sp³-hybridized carbons (Fsp3) is 0.200. The zero-order chi connectivity index (χ0) is 11.3. The van der Waals surface area contributed by atoms with Gasteiger partial charge in [-0.15, -0.1) is 0 Å². The van der Waals surface area contributed by atoms with E-state index in [2.05, 4.69) is 4.74 Å². The van der Waals surface area contributed by atoms with Gasteiger partial charge in [-0.25, -0.2) is 4.79 Å². The summed E-state index contributed by atoms with van der Waals surface area (Å²) in [5.74, 6) is 0.538. The smallest absolute Gasteiger partial charge is 0.497 e. The lowest BCUT2D eigenvalue weighted by molar-refractivity contribution is 0.0847. The molecule has 0 bridgehead atoms. The predicted molar refractivity (Wildman–Crippen MR) is 51.2 cm³/mol. The lowest BCUT2D eigenvalue weighted by Gasteiger charge is -2.06. The summed E-state index contributed by atoms with van der Waals surface area (Å²) in [6, 6.07) is 4.74. The molecule has 15 heavy (non-hydrogen) atoms. The number of methoxy groups -OCH3 is 1. The molecule has 0 aliphatic rings. The summed E-state index contributed by atoms with van der Waals surface area (Å²) in [7, 11) is 1.48. The van der Waals surface area contributed by atoms with Crippen LogP contribution in [-0.4, -0.2) is 24.7 Å². The van der Waals surface area contributed by atoms with Gasteiger partial charge in [-0.1, -0.05) is 6.07 Å². The van der Waals surface area contributed by atoms with Crippen molar-refractivity contribution in [2.45, 2.75) is 6.61 Å². The summed E-state index contributed by atoms with van der Waals surface area (Å²) in [6.07, 6.45) is -0.744. The van der Waals surface area contributed by atoms with Gasteiger partial charge < -0.3 is 14.6 Å². The molecule has 0 unspecified atom stereocenters. The van der Waals surface area contributed by atoms with Crippen molar-refractivity contribution in [1.29, 1.82) is 0 Å². The van der Waals surface area contributed by atoms with Crippen LogP contribution in [0.25, 0.3) is 0 Å². The second-order valence-corrected chi connectivity index (χ2v) is 2.74. The summed E-state index contributed by atoms with van der Waals surface area (Å²) >= 11 is 0. The standard InChI is InChI=1S/C10H10O5/c1-14-9-3-2-7(6-15-10(12)13)8(4-9)5-11/h2-5H,6H2,1H3,(H,12,13). The van der Waals surface area contributed by atoms with Crippen molar-refractivity contribution in [2.24, 2.45) is 0 Å². The maximum absolute atomic E-state index is 10.7. The first kappa shape index (κ1) is 11.0. The molecular weight excluding hydrogens is 200 g/mol. The SMILES string of the molecule is COc1ccc(COC(=O)O)c(C=O)c1. The number of hydrogen-bond donors (Lipinski definition) is 1.